The van der Waals surface area contributed by atoms with Gasteiger partial charge in [-0.2, -0.15) is 4.57 Å². The van der Waals surface area contributed by atoms with E-state index in [-0.39, 0.29) is 5.76 Å². The van der Waals surface area contributed by atoms with Crippen molar-refractivity contribution in [2.45, 2.75) is 20.8 Å². The van der Waals surface area contributed by atoms with Crippen LogP contribution in [0.4, 0.5) is 5.69 Å². The Bertz CT molecular complexity index is 1130. The number of benzene rings is 2. The molecule has 29 heavy (non-hydrogen) atoms. The van der Waals surface area contributed by atoms with Crippen molar-refractivity contribution in [1.29, 1.82) is 0 Å². The average molecular weight is 443 g/mol. The van der Waals surface area contributed by atoms with Gasteiger partial charge in [-0.15, -0.1) is 0 Å². The highest BCUT2D eigenvalue weighted by atomic mass is 35.5. The third kappa shape index (κ3) is 4.96. The number of rotatable bonds is 4. The largest absolute Gasteiger partial charge is 0.867 e. The van der Waals surface area contributed by atoms with Crippen molar-refractivity contribution in [3.63, 3.8) is 0 Å². The first kappa shape index (κ1) is 21.3. The van der Waals surface area contributed by atoms with Gasteiger partial charge in [0.25, 0.3) is 0 Å². The lowest BCUT2D eigenvalue weighted by atomic mass is 10.1. The van der Waals surface area contributed by atoms with Gasteiger partial charge in [0.05, 0.1) is 0 Å². The van der Waals surface area contributed by atoms with Crippen LogP contribution in [0.2, 0.25) is 10.0 Å². The molecule has 0 aliphatic carbocycles. The Labute approximate surface area is 186 Å². The molecule has 1 N–H and O–H groups in total. The standard InChI is InChI=1S/C23H20Cl2N2OS/c1-14-6-7-16(3)20(11-14)26-23(29)21(27-10-4-5-15(2)13-27)22(28)18-12-17(24)8-9-19(18)25/h4-13H,1-3H3,(H-,26,28,29). The average Bonchev–Trinajstić information content (AvgIpc) is 2.67. The third-order valence-electron chi connectivity index (χ3n) is 4.45. The first-order valence-electron chi connectivity index (χ1n) is 9.00. The van der Waals surface area contributed by atoms with Crippen molar-refractivity contribution in [3.05, 3.63) is 93.2 Å². The fraction of sp³-hybridized carbons (Fsp3) is 0.130. The van der Waals surface area contributed by atoms with Gasteiger partial charge >= 0.3 is 0 Å². The maximum atomic E-state index is 13.5. The van der Waals surface area contributed by atoms with E-state index in [1.807, 2.05) is 57.3 Å². The SMILES string of the molecule is Cc1ccc(C)c(NC(=S)/C(=C(/[O-])c2cc(Cl)ccc2Cl)[n+]2cccc(C)c2)c1. The molecule has 0 fully saturated rings. The summed E-state index contributed by atoms with van der Waals surface area (Å²) in [6.45, 7) is 5.94. The smallest absolute Gasteiger partial charge is 0.238 e. The van der Waals surface area contributed by atoms with Crippen LogP contribution in [0.5, 0.6) is 0 Å². The predicted octanol–water partition coefficient (Wildman–Crippen LogP) is 5.33. The molecule has 1 aromatic heterocycles. The zero-order valence-corrected chi connectivity index (χ0v) is 18.6. The zero-order chi connectivity index (χ0) is 21.1. The second-order valence-corrected chi connectivity index (χ2v) is 8.11. The van der Waals surface area contributed by atoms with Crippen molar-refractivity contribution in [3.8, 4) is 0 Å². The third-order valence-corrected chi connectivity index (χ3v) is 5.31. The molecule has 0 saturated heterocycles. The normalized spacial score (nSPS) is 11.8. The number of aryl methyl sites for hydroxylation is 3. The number of pyridine rings is 1. The summed E-state index contributed by atoms with van der Waals surface area (Å²) >= 11 is 18.1. The molecule has 0 aliphatic heterocycles. The van der Waals surface area contributed by atoms with Gasteiger partial charge in [0.2, 0.25) is 5.70 Å². The number of halogens is 2. The van der Waals surface area contributed by atoms with Crippen LogP contribution in [0.1, 0.15) is 22.3 Å². The minimum Gasteiger partial charge on any atom is -0.867 e. The van der Waals surface area contributed by atoms with Crippen LogP contribution in [0.3, 0.4) is 0 Å². The minimum atomic E-state index is -0.309. The van der Waals surface area contributed by atoms with Crippen LogP contribution in [0.25, 0.3) is 11.5 Å². The van der Waals surface area contributed by atoms with Crippen LogP contribution in [-0.4, -0.2) is 4.99 Å². The molecule has 3 rings (SSSR count). The Morgan fingerprint density at radius 1 is 1.00 bits per heavy atom. The molecule has 3 nitrogen and oxygen atoms in total. The van der Waals surface area contributed by atoms with Gasteiger partial charge in [-0.3, -0.25) is 0 Å². The van der Waals surface area contributed by atoms with Crippen LogP contribution < -0.4 is 15.0 Å². The van der Waals surface area contributed by atoms with Gasteiger partial charge < -0.3 is 10.4 Å². The molecule has 148 valence electrons. The second-order valence-electron chi connectivity index (χ2n) is 6.86. The summed E-state index contributed by atoms with van der Waals surface area (Å²) in [7, 11) is 0. The van der Waals surface area contributed by atoms with Crippen LogP contribution in [0, 0.1) is 20.8 Å². The minimum absolute atomic E-state index is 0.299. The quantitative estimate of drug-likeness (QED) is 0.256. The van der Waals surface area contributed by atoms with Crippen molar-refractivity contribution in [1.82, 2.24) is 0 Å². The lowest BCUT2D eigenvalue weighted by Gasteiger charge is -2.19. The lowest BCUT2D eigenvalue weighted by molar-refractivity contribution is -0.578. The number of hydrogen-bond donors (Lipinski definition) is 1. The number of nitrogens with zero attached hydrogens (tertiary/aromatic N) is 1. The van der Waals surface area contributed by atoms with E-state index in [9.17, 15) is 5.11 Å². The molecule has 0 spiro atoms. The maximum Gasteiger partial charge on any atom is 0.238 e. The molecule has 0 aliphatic rings. The van der Waals surface area contributed by atoms with Crippen molar-refractivity contribution >= 4 is 57.6 Å². The number of anilines is 1. The highest BCUT2D eigenvalue weighted by molar-refractivity contribution is 7.81. The van der Waals surface area contributed by atoms with Gasteiger partial charge in [-0.05, 0) is 73.6 Å². The summed E-state index contributed by atoms with van der Waals surface area (Å²) in [5, 5.41) is 17.5. The topological polar surface area (TPSA) is 39.0 Å². The molecular formula is C23H20Cl2N2OS. The van der Waals surface area contributed by atoms with E-state index in [1.54, 1.807) is 29.0 Å². The molecule has 0 amide bonds. The van der Waals surface area contributed by atoms with Gasteiger partial charge in [0.15, 0.2) is 17.4 Å². The zero-order valence-electron chi connectivity index (χ0n) is 16.3. The van der Waals surface area contributed by atoms with E-state index in [1.165, 1.54) is 0 Å². The molecule has 3 aromatic rings. The fourth-order valence-electron chi connectivity index (χ4n) is 2.92. The van der Waals surface area contributed by atoms with Crippen LogP contribution >= 0.6 is 35.4 Å². The number of aromatic nitrogens is 1. The Hall–Kier alpha value is -2.40. The van der Waals surface area contributed by atoms with Crippen molar-refractivity contribution in [2.24, 2.45) is 0 Å². The molecule has 0 radical (unpaired) electrons. The Morgan fingerprint density at radius 3 is 2.48 bits per heavy atom. The predicted molar refractivity (Wildman–Crippen MR) is 123 cm³/mol. The number of nitrogens with one attached hydrogen (secondary N) is 1. The van der Waals surface area contributed by atoms with E-state index in [0.29, 0.717) is 26.3 Å². The van der Waals surface area contributed by atoms with Crippen LogP contribution in [-0.2, 0) is 0 Å². The van der Waals surface area contributed by atoms with Gasteiger partial charge in [-0.25, -0.2) is 0 Å². The second kappa shape index (κ2) is 8.95. The summed E-state index contributed by atoms with van der Waals surface area (Å²) in [6, 6.07) is 14.7. The van der Waals surface area contributed by atoms with E-state index in [4.69, 9.17) is 35.4 Å². The first-order valence-corrected chi connectivity index (χ1v) is 10.2. The summed E-state index contributed by atoms with van der Waals surface area (Å²) < 4.78 is 1.72. The van der Waals surface area contributed by atoms with Gasteiger partial charge in [0, 0.05) is 27.4 Å². The maximum absolute atomic E-state index is 13.5. The molecule has 6 heteroatoms. The molecule has 2 aromatic carbocycles. The lowest BCUT2D eigenvalue weighted by Crippen LogP contribution is -2.40. The summed E-state index contributed by atoms with van der Waals surface area (Å²) in [5.41, 5.74) is 4.56. The molecule has 0 bridgehead atoms. The van der Waals surface area contributed by atoms with E-state index in [0.717, 1.165) is 22.4 Å². The van der Waals surface area contributed by atoms with E-state index in [2.05, 4.69) is 5.32 Å². The van der Waals surface area contributed by atoms with Crippen molar-refractivity contribution in [2.75, 3.05) is 5.32 Å². The van der Waals surface area contributed by atoms with E-state index >= 15 is 0 Å². The number of thiocarbonyl (C=S) groups is 1. The van der Waals surface area contributed by atoms with Crippen LogP contribution in [0.15, 0.2) is 60.9 Å². The highest BCUT2D eigenvalue weighted by Gasteiger charge is 2.21. The molecule has 1 heterocycles. The summed E-state index contributed by atoms with van der Waals surface area (Å²) in [5.74, 6) is -0.309. The van der Waals surface area contributed by atoms with Gasteiger partial charge in [0.1, 0.15) is 0 Å². The summed E-state index contributed by atoms with van der Waals surface area (Å²) in [6.07, 6.45) is 3.64. The Morgan fingerprint density at radius 2 is 1.76 bits per heavy atom. The molecule has 0 atom stereocenters. The monoisotopic (exact) mass is 442 g/mol. The number of hydrogen-bond acceptors (Lipinski definition) is 2. The van der Waals surface area contributed by atoms with Gasteiger partial charge in [-0.1, -0.05) is 47.6 Å². The molecule has 0 saturated carbocycles. The fourth-order valence-corrected chi connectivity index (χ4v) is 3.60. The van der Waals surface area contributed by atoms with E-state index < -0.39 is 0 Å². The molecular weight excluding hydrogens is 423 g/mol. The Kier molecular flexibility index (Phi) is 6.58. The first-order chi connectivity index (χ1) is 13.8. The molecule has 0 unspecified atom stereocenters. The highest BCUT2D eigenvalue weighted by Crippen LogP contribution is 2.27. The Balaban J connectivity index is 2.16. The summed E-state index contributed by atoms with van der Waals surface area (Å²) in [4.78, 5) is 0.301. The van der Waals surface area contributed by atoms with Crippen molar-refractivity contribution < 1.29 is 9.67 Å².